The minimum absolute atomic E-state index is 0.0998. The van der Waals surface area contributed by atoms with Crippen LogP contribution in [0.15, 0.2) is 29.1 Å². The van der Waals surface area contributed by atoms with E-state index in [0.717, 1.165) is 23.1 Å². The molecule has 1 aliphatic rings. The van der Waals surface area contributed by atoms with E-state index < -0.39 is 0 Å². The molecule has 3 rings (SSSR count). The number of hydrogen-bond acceptors (Lipinski definition) is 4. The molecule has 0 aliphatic heterocycles. The Balaban J connectivity index is 1.56. The highest BCUT2D eigenvalue weighted by Gasteiger charge is 2.28. The fourth-order valence-corrected chi connectivity index (χ4v) is 2.03. The molecule has 1 aromatic heterocycles. The molecule has 2 aromatic rings. The lowest BCUT2D eigenvalue weighted by molar-refractivity contribution is -0.122. The SMILES string of the molecule is Cc1ccc(CNC(=O)Cn2nnn(C3CC3)c2=O)cc1. The Kier molecular flexibility index (Phi) is 3.55. The van der Waals surface area contributed by atoms with Crippen molar-refractivity contribution in [2.75, 3.05) is 0 Å². The van der Waals surface area contributed by atoms with E-state index in [1.54, 1.807) is 0 Å². The number of aryl methyl sites for hydroxylation is 1. The first kappa shape index (κ1) is 13.5. The van der Waals surface area contributed by atoms with Crippen molar-refractivity contribution >= 4 is 5.91 Å². The number of rotatable bonds is 5. The first-order valence-electron chi connectivity index (χ1n) is 6.98. The molecule has 1 N–H and O–H groups in total. The van der Waals surface area contributed by atoms with Crippen LogP contribution in [0.2, 0.25) is 0 Å². The molecule has 0 radical (unpaired) electrons. The van der Waals surface area contributed by atoms with Crippen LogP contribution in [-0.2, 0) is 17.9 Å². The van der Waals surface area contributed by atoms with Crippen LogP contribution in [0.1, 0.15) is 30.0 Å². The third-order valence-corrected chi connectivity index (χ3v) is 3.46. The number of carbonyl (C=O) groups is 1. The predicted octanol–water partition coefficient (Wildman–Crippen LogP) is 0.400. The van der Waals surface area contributed by atoms with E-state index in [1.807, 2.05) is 31.2 Å². The fraction of sp³-hybridized carbons (Fsp3) is 0.429. The minimum atomic E-state index is -0.317. The Hall–Kier alpha value is -2.44. The zero-order valence-corrected chi connectivity index (χ0v) is 11.8. The van der Waals surface area contributed by atoms with Gasteiger partial charge in [0.2, 0.25) is 5.91 Å². The third-order valence-electron chi connectivity index (χ3n) is 3.46. The first-order valence-corrected chi connectivity index (χ1v) is 6.98. The summed E-state index contributed by atoms with van der Waals surface area (Å²) in [6, 6.07) is 8.08. The summed E-state index contributed by atoms with van der Waals surface area (Å²) in [6.45, 7) is 2.35. The van der Waals surface area contributed by atoms with Gasteiger partial charge in [0.25, 0.3) is 0 Å². The summed E-state index contributed by atoms with van der Waals surface area (Å²) in [5.41, 5.74) is 1.87. The average Bonchev–Trinajstić information content (AvgIpc) is 3.25. The van der Waals surface area contributed by atoms with Gasteiger partial charge in [-0.2, -0.15) is 9.36 Å². The maximum Gasteiger partial charge on any atom is 0.364 e. The maximum absolute atomic E-state index is 11.9. The van der Waals surface area contributed by atoms with E-state index >= 15 is 0 Å². The molecule has 1 saturated carbocycles. The molecule has 0 saturated heterocycles. The van der Waals surface area contributed by atoms with E-state index in [1.165, 1.54) is 10.2 Å². The van der Waals surface area contributed by atoms with Crippen LogP contribution in [-0.4, -0.2) is 25.7 Å². The van der Waals surface area contributed by atoms with E-state index in [4.69, 9.17) is 0 Å². The van der Waals surface area contributed by atoms with Gasteiger partial charge in [-0.05, 0) is 35.8 Å². The Morgan fingerprint density at radius 3 is 2.67 bits per heavy atom. The standard InChI is InChI=1S/C14H17N5O2/c1-10-2-4-11(5-3-10)8-15-13(20)9-18-14(21)19(17-16-18)12-6-7-12/h2-5,12H,6-9H2,1H3,(H,15,20). The summed E-state index contributed by atoms with van der Waals surface area (Å²) in [6.07, 6.45) is 1.91. The highest BCUT2D eigenvalue weighted by atomic mass is 16.2. The molecule has 21 heavy (non-hydrogen) atoms. The molecule has 1 heterocycles. The van der Waals surface area contributed by atoms with Crippen LogP contribution in [0.5, 0.6) is 0 Å². The highest BCUT2D eigenvalue weighted by Crippen LogP contribution is 2.32. The molecule has 1 fully saturated rings. The van der Waals surface area contributed by atoms with E-state index in [-0.39, 0.29) is 24.2 Å². The molecule has 7 heteroatoms. The van der Waals surface area contributed by atoms with Gasteiger partial charge in [-0.25, -0.2) is 4.79 Å². The van der Waals surface area contributed by atoms with Crippen LogP contribution in [0.25, 0.3) is 0 Å². The lowest BCUT2D eigenvalue weighted by atomic mass is 10.1. The third kappa shape index (κ3) is 3.18. The molecule has 1 aromatic carbocycles. The number of benzene rings is 1. The monoisotopic (exact) mass is 287 g/mol. The summed E-state index contributed by atoms with van der Waals surface area (Å²) in [7, 11) is 0. The lowest BCUT2D eigenvalue weighted by Gasteiger charge is -2.05. The molecule has 0 unspecified atom stereocenters. The number of amides is 1. The Morgan fingerprint density at radius 1 is 1.29 bits per heavy atom. The predicted molar refractivity (Wildman–Crippen MR) is 75.6 cm³/mol. The summed E-state index contributed by atoms with van der Waals surface area (Å²) >= 11 is 0. The fourth-order valence-electron chi connectivity index (χ4n) is 2.03. The van der Waals surface area contributed by atoms with Crippen LogP contribution >= 0.6 is 0 Å². The van der Waals surface area contributed by atoms with Crippen LogP contribution in [0.3, 0.4) is 0 Å². The second-order valence-electron chi connectivity index (χ2n) is 5.36. The van der Waals surface area contributed by atoms with Crippen LogP contribution in [0.4, 0.5) is 0 Å². The van der Waals surface area contributed by atoms with Crippen molar-refractivity contribution in [3.05, 3.63) is 45.9 Å². The summed E-state index contributed by atoms with van der Waals surface area (Å²) in [4.78, 5) is 23.8. The van der Waals surface area contributed by atoms with Gasteiger partial charge in [-0.3, -0.25) is 4.79 Å². The van der Waals surface area contributed by atoms with Crippen molar-refractivity contribution in [3.63, 3.8) is 0 Å². The largest absolute Gasteiger partial charge is 0.364 e. The van der Waals surface area contributed by atoms with Gasteiger partial charge in [0.1, 0.15) is 6.54 Å². The zero-order valence-electron chi connectivity index (χ0n) is 11.8. The highest BCUT2D eigenvalue weighted by molar-refractivity contribution is 5.75. The van der Waals surface area contributed by atoms with Crippen molar-refractivity contribution in [2.45, 2.75) is 38.9 Å². The molecular weight excluding hydrogens is 270 g/mol. The topological polar surface area (TPSA) is 81.8 Å². The van der Waals surface area contributed by atoms with Gasteiger partial charge in [0.15, 0.2) is 0 Å². The molecular formula is C14H17N5O2. The van der Waals surface area contributed by atoms with Gasteiger partial charge in [-0.1, -0.05) is 29.8 Å². The zero-order chi connectivity index (χ0) is 14.8. The first-order chi connectivity index (χ1) is 10.1. The molecule has 1 aliphatic carbocycles. The van der Waals surface area contributed by atoms with Crippen molar-refractivity contribution in [3.8, 4) is 0 Å². The number of hydrogen-bond donors (Lipinski definition) is 1. The lowest BCUT2D eigenvalue weighted by Crippen LogP contribution is -2.33. The minimum Gasteiger partial charge on any atom is -0.350 e. The number of aromatic nitrogens is 4. The number of nitrogens with zero attached hydrogens (tertiary/aromatic N) is 4. The van der Waals surface area contributed by atoms with Crippen molar-refractivity contribution < 1.29 is 4.79 Å². The second kappa shape index (κ2) is 5.51. The van der Waals surface area contributed by atoms with E-state index in [9.17, 15) is 9.59 Å². The molecule has 0 atom stereocenters. The normalized spacial score (nSPS) is 14.1. The molecule has 0 bridgehead atoms. The number of tetrazole rings is 1. The van der Waals surface area contributed by atoms with E-state index in [2.05, 4.69) is 15.7 Å². The van der Waals surface area contributed by atoms with Gasteiger partial charge >= 0.3 is 5.69 Å². The summed E-state index contributed by atoms with van der Waals surface area (Å²) in [5, 5.41) is 10.3. The molecule has 7 nitrogen and oxygen atoms in total. The average molecular weight is 287 g/mol. The Morgan fingerprint density at radius 2 is 2.00 bits per heavy atom. The number of carbonyl (C=O) groups excluding carboxylic acids is 1. The van der Waals surface area contributed by atoms with Crippen LogP contribution in [0, 0.1) is 6.92 Å². The van der Waals surface area contributed by atoms with Crippen molar-refractivity contribution in [2.24, 2.45) is 0 Å². The maximum atomic E-state index is 11.9. The van der Waals surface area contributed by atoms with E-state index in [0.29, 0.717) is 6.54 Å². The van der Waals surface area contributed by atoms with Crippen molar-refractivity contribution in [1.29, 1.82) is 0 Å². The molecule has 110 valence electrons. The van der Waals surface area contributed by atoms with Gasteiger partial charge in [0, 0.05) is 6.54 Å². The van der Waals surface area contributed by atoms with Gasteiger partial charge in [-0.15, -0.1) is 0 Å². The molecule has 1 amide bonds. The summed E-state index contributed by atoms with van der Waals surface area (Å²) < 4.78 is 2.45. The quantitative estimate of drug-likeness (QED) is 0.863. The number of nitrogens with one attached hydrogen (secondary N) is 1. The molecule has 0 spiro atoms. The Labute approximate surface area is 121 Å². The smallest absolute Gasteiger partial charge is 0.350 e. The Bertz CT molecular complexity index is 697. The van der Waals surface area contributed by atoms with Crippen molar-refractivity contribution in [1.82, 2.24) is 25.1 Å². The van der Waals surface area contributed by atoms with Gasteiger partial charge in [0.05, 0.1) is 6.04 Å². The second-order valence-corrected chi connectivity index (χ2v) is 5.36. The van der Waals surface area contributed by atoms with Gasteiger partial charge < -0.3 is 5.32 Å². The summed E-state index contributed by atoms with van der Waals surface area (Å²) in [5.74, 6) is -0.250. The van der Waals surface area contributed by atoms with Crippen LogP contribution < -0.4 is 11.0 Å².